The Bertz CT molecular complexity index is 735. The zero-order valence-corrected chi connectivity index (χ0v) is 14.2. The van der Waals surface area contributed by atoms with E-state index in [9.17, 15) is 4.79 Å². The Balaban J connectivity index is 1.36. The summed E-state index contributed by atoms with van der Waals surface area (Å²) in [6.45, 7) is 1.14. The second-order valence-electron chi connectivity index (χ2n) is 6.63. The number of fused-ring (bicyclic) bond motifs is 1. The highest BCUT2D eigenvalue weighted by molar-refractivity contribution is 5.93. The van der Waals surface area contributed by atoms with Crippen LogP contribution in [0.2, 0.25) is 0 Å². The molecule has 4 rings (SSSR count). The number of aryl methyl sites for hydroxylation is 1. The normalized spacial score (nSPS) is 20.1. The van der Waals surface area contributed by atoms with Crippen LogP contribution in [0.4, 0.5) is 0 Å². The van der Waals surface area contributed by atoms with Gasteiger partial charge in [0.2, 0.25) is 0 Å². The van der Waals surface area contributed by atoms with Crippen molar-refractivity contribution in [1.29, 1.82) is 0 Å². The Morgan fingerprint density at radius 2 is 2.00 bits per heavy atom. The van der Waals surface area contributed by atoms with Gasteiger partial charge in [0, 0.05) is 43.1 Å². The molecule has 1 aliphatic heterocycles. The molecule has 0 unspecified atom stereocenters. The molecule has 0 aromatic carbocycles. The van der Waals surface area contributed by atoms with Gasteiger partial charge in [0.15, 0.2) is 11.5 Å². The van der Waals surface area contributed by atoms with Crippen LogP contribution in [0.3, 0.4) is 0 Å². The molecule has 0 bridgehead atoms. The summed E-state index contributed by atoms with van der Waals surface area (Å²) in [5.41, 5.74) is 2.23. The standard InChI is InChI=1S/C18H22N4O3/c23-18(16-13-5-1-2-6-14(13)25-22-16)21-11-12-9-19-17(20-10-12)15-7-3-4-8-24-15/h9-10,15H,1-8,11H2,(H,21,23)/t15-/m0/s1. The monoisotopic (exact) mass is 342 g/mol. The average molecular weight is 342 g/mol. The summed E-state index contributed by atoms with van der Waals surface area (Å²) in [5, 5.41) is 6.83. The maximum atomic E-state index is 12.4. The number of nitrogens with zero attached hydrogens (tertiary/aromatic N) is 3. The van der Waals surface area contributed by atoms with Crippen LogP contribution in [0.25, 0.3) is 0 Å². The highest BCUT2D eigenvalue weighted by atomic mass is 16.5. The highest BCUT2D eigenvalue weighted by Gasteiger charge is 2.24. The first-order valence-corrected chi connectivity index (χ1v) is 8.99. The van der Waals surface area contributed by atoms with Gasteiger partial charge in [-0.3, -0.25) is 4.79 Å². The van der Waals surface area contributed by atoms with E-state index in [1.165, 1.54) is 0 Å². The Hall–Kier alpha value is -2.28. The van der Waals surface area contributed by atoms with Gasteiger partial charge in [0.05, 0.1) is 0 Å². The number of aromatic nitrogens is 3. The number of carbonyl (C=O) groups is 1. The molecule has 1 saturated heterocycles. The zero-order chi connectivity index (χ0) is 17.1. The fourth-order valence-corrected chi connectivity index (χ4v) is 3.40. The van der Waals surface area contributed by atoms with Crippen molar-refractivity contribution < 1.29 is 14.1 Å². The lowest BCUT2D eigenvalue weighted by molar-refractivity contribution is 0.00940. The number of hydrogen-bond donors (Lipinski definition) is 1. The molecule has 2 aromatic rings. The van der Waals surface area contributed by atoms with Crippen molar-refractivity contribution in [3.63, 3.8) is 0 Å². The fraction of sp³-hybridized carbons (Fsp3) is 0.556. The first kappa shape index (κ1) is 16.2. The molecule has 2 aromatic heterocycles. The number of nitrogens with one attached hydrogen (secondary N) is 1. The Labute approximate surface area is 146 Å². The lowest BCUT2D eigenvalue weighted by Gasteiger charge is -2.21. The van der Waals surface area contributed by atoms with E-state index in [2.05, 4.69) is 20.4 Å². The van der Waals surface area contributed by atoms with Crippen LogP contribution in [0.1, 0.15) is 71.4 Å². The molecule has 0 radical (unpaired) electrons. The number of amides is 1. The van der Waals surface area contributed by atoms with Crippen LogP contribution >= 0.6 is 0 Å². The fourth-order valence-electron chi connectivity index (χ4n) is 3.40. The predicted octanol–water partition coefficient (Wildman–Crippen LogP) is 2.52. The SMILES string of the molecule is O=C(NCc1cnc([C@@H]2CCCCO2)nc1)c1noc2c1CCCC2. The van der Waals surface area contributed by atoms with Crippen LogP contribution in [-0.2, 0) is 24.1 Å². The maximum Gasteiger partial charge on any atom is 0.274 e. The van der Waals surface area contributed by atoms with Crippen LogP contribution in [0.15, 0.2) is 16.9 Å². The van der Waals surface area contributed by atoms with Gasteiger partial charge >= 0.3 is 0 Å². The summed E-state index contributed by atoms with van der Waals surface area (Å²) in [7, 11) is 0. The molecule has 7 nitrogen and oxygen atoms in total. The van der Waals surface area contributed by atoms with Crippen molar-refractivity contribution in [1.82, 2.24) is 20.4 Å². The summed E-state index contributed by atoms with van der Waals surface area (Å²) in [4.78, 5) is 21.2. The number of hydrogen-bond acceptors (Lipinski definition) is 6. The van der Waals surface area contributed by atoms with Crippen molar-refractivity contribution in [2.24, 2.45) is 0 Å². The minimum Gasteiger partial charge on any atom is -0.370 e. The van der Waals surface area contributed by atoms with E-state index < -0.39 is 0 Å². The molecule has 1 fully saturated rings. The van der Waals surface area contributed by atoms with E-state index in [0.717, 1.165) is 74.3 Å². The maximum absolute atomic E-state index is 12.4. The van der Waals surface area contributed by atoms with Gasteiger partial charge in [0.1, 0.15) is 11.9 Å². The topological polar surface area (TPSA) is 90.1 Å². The van der Waals surface area contributed by atoms with Crippen molar-refractivity contribution in [3.05, 3.63) is 40.8 Å². The van der Waals surface area contributed by atoms with Gasteiger partial charge in [-0.15, -0.1) is 0 Å². The van der Waals surface area contributed by atoms with Crippen LogP contribution in [0.5, 0.6) is 0 Å². The second-order valence-corrected chi connectivity index (χ2v) is 6.63. The average Bonchev–Trinajstić information content (AvgIpc) is 3.11. The number of ether oxygens (including phenoxy) is 1. The molecule has 1 amide bonds. The molecule has 0 spiro atoms. The number of carbonyl (C=O) groups excluding carboxylic acids is 1. The van der Waals surface area contributed by atoms with E-state index in [0.29, 0.717) is 12.2 Å². The molecule has 3 heterocycles. The van der Waals surface area contributed by atoms with Crippen LogP contribution in [-0.4, -0.2) is 27.6 Å². The Morgan fingerprint density at radius 3 is 2.80 bits per heavy atom. The molecule has 1 atom stereocenters. The minimum atomic E-state index is -0.202. The summed E-state index contributed by atoms with van der Waals surface area (Å²) < 4.78 is 11.0. The van der Waals surface area contributed by atoms with Gasteiger partial charge in [-0.05, 0) is 38.5 Å². The third kappa shape index (κ3) is 3.56. The van der Waals surface area contributed by atoms with Crippen molar-refractivity contribution in [3.8, 4) is 0 Å². The molecule has 1 aliphatic carbocycles. The Morgan fingerprint density at radius 1 is 1.16 bits per heavy atom. The molecule has 7 heteroatoms. The first-order valence-electron chi connectivity index (χ1n) is 8.99. The van der Waals surface area contributed by atoms with Crippen molar-refractivity contribution >= 4 is 5.91 Å². The summed E-state index contributed by atoms with van der Waals surface area (Å²) in [6, 6.07) is 0. The van der Waals surface area contributed by atoms with E-state index in [4.69, 9.17) is 9.26 Å². The molecule has 2 aliphatic rings. The van der Waals surface area contributed by atoms with E-state index >= 15 is 0 Å². The molecule has 132 valence electrons. The zero-order valence-electron chi connectivity index (χ0n) is 14.2. The molecule has 0 saturated carbocycles. The second kappa shape index (κ2) is 7.31. The lowest BCUT2D eigenvalue weighted by atomic mass is 9.96. The third-order valence-corrected chi connectivity index (χ3v) is 4.81. The quantitative estimate of drug-likeness (QED) is 0.918. The summed E-state index contributed by atoms with van der Waals surface area (Å²) in [5.74, 6) is 1.38. The van der Waals surface area contributed by atoms with Crippen LogP contribution < -0.4 is 5.32 Å². The molecular weight excluding hydrogens is 320 g/mol. The van der Waals surface area contributed by atoms with E-state index in [-0.39, 0.29) is 12.0 Å². The smallest absolute Gasteiger partial charge is 0.274 e. The van der Waals surface area contributed by atoms with Gasteiger partial charge < -0.3 is 14.6 Å². The van der Waals surface area contributed by atoms with Gasteiger partial charge in [-0.2, -0.15) is 0 Å². The van der Waals surface area contributed by atoms with E-state index in [1.54, 1.807) is 12.4 Å². The summed E-state index contributed by atoms with van der Waals surface area (Å²) in [6.07, 6.45) is 10.6. The van der Waals surface area contributed by atoms with Gasteiger partial charge in [-0.1, -0.05) is 5.16 Å². The number of rotatable bonds is 4. The largest absolute Gasteiger partial charge is 0.370 e. The molecule has 25 heavy (non-hydrogen) atoms. The third-order valence-electron chi connectivity index (χ3n) is 4.81. The Kier molecular flexibility index (Phi) is 4.74. The van der Waals surface area contributed by atoms with Crippen LogP contribution in [0, 0.1) is 0 Å². The lowest BCUT2D eigenvalue weighted by Crippen LogP contribution is -2.25. The van der Waals surface area contributed by atoms with Crippen molar-refractivity contribution in [2.75, 3.05) is 6.61 Å². The molecule has 1 N–H and O–H groups in total. The predicted molar refractivity (Wildman–Crippen MR) is 88.9 cm³/mol. The minimum absolute atomic E-state index is 0.000885. The van der Waals surface area contributed by atoms with Gasteiger partial charge in [-0.25, -0.2) is 9.97 Å². The highest BCUT2D eigenvalue weighted by Crippen LogP contribution is 2.25. The first-order chi connectivity index (χ1) is 12.3. The van der Waals surface area contributed by atoms with Crippen molar-refractivity contribution in [2.45, 2.75) is 57.6 Å². The molecular formula is C18H22N4O3. The van der Waals surface area contributed by atoms with E-state index in [1.807, 2.05) is 0 Å². The summed E-state index contributed by atoms with van der Waals surface area (Å²) >= 11 is 0. The van der Waals surface area contributed by atoms with Gasteiger partial charge in [0.25, 0.3) is 5.91 Å².